The Labute approximate surface area is 151 Å². The van der Waals surface area contributed by atoms with Gasteiger partial charge < -0.3 is 19.5 Å². The number of hydrogen-bond acceptors (Lipinski definition) is 7. The first kappa shape index (κ1) is 17.2. The highest BCUT2D eigenvalue weighted by Crippen LogP contribution is 2.44. The van der Waals surface area contributed by atoms with Crippen LogP contribution in [-0.2, 0) is 9.47 Å². The molecule has 3 fully saturated rings. The largest absolute Gasteiger partial charge is 0.389 e. The number of amides is 1. The first-order chi connectivity index (χ1) is 12.1. The van der Waals surface area contributed by atoms with Gasteiger partial charge in [0, 0.05) is 56.5 Å². The number of thioether (sulfide) groups is 1. The zero-order valence-electron chi connectivity index (χ0n) is 14.3. The summed E-state index contributed by atoms with van der Waals surface area (Å²) in [4.78, 5) is 23.4. The highest BCUT2D eigenvalue weighted by Gasteiger charge is 2.56. The second-order valence-electron chi connectivity index (χ2n) is 6.97. The zero-order valence-corrected chi connectivity index (χ0v) is 15.1. The average Bonchev–Trinajstić information content (AvgIpc) is 2.67. The summed E-state index contributed by atoms with van der Waals surface area (Å²) in [6.07, 6.45) is 6.44. The highest BCUT2D eigenvalue weighted by molar-refractivity contribution is 7.98. The Bertz CT molecular complexity index is 643. The predicted octanol–water partition coefficient (Wildman–Crippen LogP) is 0.827. The number of carbonyl (C=O) groups excluding carboxylic acids is 1. The molecule has 0 bridgehead atoms. The van der Waals surface area contributed by atoms with E-state index in [0.717, 1.165) is 6.42 Å². The zero-order chi connectivity index (χ0) is 17.4. The third-order valence-electron chi connectivity index (χ3n) is 5.77. The molecule has 136 valence electrons. The second-order valence-corrected chi connectivity index (χ2v) is 7.74. The van der Waals surface area contributed by atoms with Crippen molar-refractivity contribution in [1.82, 2.24) is 14.9 Å². The van der Waals surface area contributed by atoms with Crippen molar-refractivity contribution in [3.63, 3.8) is 0 Å². The van der Waals surface area contributed by atoms with Gasteiger partial charge in [0.05, 0.1) is 24.4 Å². The monoisotopic (exact) mass is 365 g/mol. The van der Waals surface area contributed by atoms with Crippen LogP contribution in [0.3, 0.4) is 0 Å². The van der Waals surface area contributed by atoms with Crippen molar-refractivity contribution in [2.45, 2.75) is 29.6 Å². The summed E-state index contributed by atoms with van der Waals surface area (Å²) >= 11 is 1.44. The van der Waals surface area contributed by atoms with Gasteiger partial charge in [-0.15, -0.1) is 0 Å². The van der Waals surface area contributed by atoms with Crippen molar-refractivity contribution in [1.29, 1.82) is 0 Å². The number of fused-ring (bicyclic) bond motifs is 3. The minimum atomic E-state index is -0.806. The molecule has 1 aromatic rings. The third kappa shape index (κ3) is 2.95. The molecule has 0 aromatic carbocycles. The number of carbonyl (C=O) groups is 1. The summed E-state index contributed by atoms with van der Waals surface area (Å²) in [5.74, 6) is -0.226. The van der Waals surface area contributed by atoms with E-state index in [1.54, 1.807) is 12.4 Å². The van der Waals surface area contributed by atoms with Gasteiger partial charge in [-0.05, 0) is 12.7 Å². The second kappa shape index (κ2) is 6.83. The van der Waals surface area contributed by atoms with Crippen LogP contribution in [0.2, 0.25) is 0 Å². The van der Waals surface area contributed by atoms with E-state index >= 15 is 0 Å². The van der Waals surface area contributed by atoms with Crippen LogP contribution in [-0.4, -0.2) is 76.8 Å². The Kier molecular flexibility index (Phi) is 4.70. The maximum absolute atomic E-state index is 13.1. The number of ether oxygens (including phenoxy) is 2. The fourth-order valence-corrected chi connectivity index (χ4v) is 4.71. The Morgan fingerprint density at radius 2 is 2.08 bits per heavy atom. The van der Waals surface area contributed by atoms with Crippen LogP contribution >= 0.6 is 11.8 Å². The van der Waals surface area contributed by atoms with Crippen LogP contribution in [0, 0.1) is 11.8 Å². The summed E-state index contributed by atoms with van der Waals surface area (Å²) in [6, 6.07) is -0.0131. The minimum Gasteiger partial charge on any atom is -0.389 e. The van der Waals surface area contributed by atoms with Crippen LogP contribution in [0.25, 0.3) is 0 Å². The number of rotatable bonds is 2. The standard InChI is InChI=1S/C17H23N3O4S/c1-25-16-18-6-11(7-19-16)15(21)20-8-12-9-24-5-3-17(12,22)13-10-23-4-2-14(13)20/h6-7,12-14,22H,2-5,8-10H2,1H3/t12-,13+,14-,17-/m0/s1. The van der Waals surface area contributed by atoms with Crippen LogP contribution in [0.5, 0.6) is 0 Å². The van der Waals surface area contributed by atoms with Crippen LogP contribution in [0.4, 0.5) is 0 Å². The molecule has 8 heteroatoms. The Balaban J connectivity index is 1.62. The Hall–Kier alpha value is -1.22. The van der Waals surface area contributed by atoms with Crippen molar-refractivity contribution >= 4 is 17.7 Å². The van der Waals surface area contributed by atoms with E-state index in [4.69, 9.17) is 9.47 Å². The van der Waals surface area contributed by atoms with E-state index in [9.17, 15) is 9.90 Å². The predicted molar refractivity (Wildman–Crippen MR) is 91.4 cm³/mol. The molecule has 4 atom stereocenters. The summed E-state index contributed by atoms with van der Waals surface area (Å²) in [5.41, 5.74) is -0.315. The first-order valence-electron chi connectivity index (χ1n) is 8.68. The lowest BCUT2D eigenvalue weighted by Gasteiger charge is -2.57. The van der Waals surface area contributed by atoms with Gasteiger partial charge in [0.15, 0.2) is 5.16 Å². The molecular formula is C17H23N3O4S. The van der Waals surface area contributed by atoms with E-state index < -0.39 is 5.60 Å². The molecule has 3 aliphatic heterocycles. The Morgan fingerprint density at radius 1 is 1.32 bits per heavy atom. The fraction of sp³-hybridized carbons (Fsp3) is 0.706. The van der Waals surface area contributed by atoms with Crippen molar-refractivity contribution < 1.29 is 19.4 Å². The molecule has 0 radical (unpaired) electrons. The van der Waals surface area contributed by atoms with Crippen LogP contribution in [0.15, 0.2) is 17.6 Å². The molecule has 1 N–H and O–H groups in total. The molecule has 3 aliphatic rings. The smallest absolute Gasteiger partial charge is 0.257 e. The van der Waals surface area contributed by atoms with E-state index in [1.165, 1.54) is 11.8 Å². The van der Waals surface area contributed by atoms with E-state index in [-0.39, 0.29) is 23.8 Å². The number of nitrogens with zero attached hydrogens (tertiary/aromatic N) is 3. The summed E-state index contributed by atoms with van der Waals surface area (Å²) in [5, 5.41) is 11.9. The molecule has 0 unspecified atom stereocenters. The maximum atomic E-state index is 13.1. The lowest BCUT2D eigenvalue weighted by molar-refractivity contribution is -0.212. The van der Waals surface area contributed by atoms with E-state index in [0.29, 0.717) is 50.1 Å². The topological polar surface area (TPSA) is 84.8 Å². The molecule has 0 spiro atoms. The molecule has 1 amide bonds. The van der Waals surface area contributed by atoms with Crippen LogP contribution < -0.4 is 0 Å². The van der Waals surface area contributed by atoms with Gasteiger partial charge >= 0.3 is 0 Å². The number of hydrogen-bond donors (Lipinski definition) is 1. The number of likely N-dealkylation sites (tertiary alicyclic amines) is 1. The lowest BCUT2D eigenvalue weighted by Crippen LogP contribution is -2.68. The molecule has 4 heterocycles. The van der Waals surface area contributed by atoms with Gasteiger partial charge in [-0.1, -0.05) is 11.8 Å². The molecule has 0 aliphatic carbocycles. The van der Waals surface area contributed by atoms with Crippen molar-refractivity contribution in [2.75, 3.05) is 39.2 Å². The molecule has 0 saturated carbocycles. The third-order valence-corrected chi connectivity index (χ3v) is 6.35. The molecule has 3 saturated heterocycles. The van der Waals surface area contributed by atoms with Gasteiger partial charge in [-0.2, -0.15) is 0 Å². The molecule has 25 heavy (non-hydrogen) atoms. The average molecular weight is 365 g/mol. The lowest BCUT2D eigenvalue weighted by atomic mass is 9.66. The number of piperidine rings is 1. The molecule has 1 aromatic heterocycles. The van der Waals surface area contributed by atoms with Crippen molar-refractivity contribution in [2.24, 2.45) is 11.8 Å². The molecular weight excluding hydrogens is 342 g/mol. The van der Waals surface area contributed by atoms with Crippen LogP contribution in [0.1, 0.15) is 23.2 Å². The van der Waals surface area contributed by atoms with Crippen molar-refractivity contribution in [3.8, 4) is 0 Å². The summed E-state index contributed by atoms with van der Waals surface area (Å²) in [7, 11) is 0. The van der Waals surface area contributed by atoms with E-state index in [1.807, 2.05) is 11.2 Å². The SMILES string of the molecule is CSc1ncc(C(=O)N2C[C@H]3COCC[C@@]3(O)[C@@H]3COCC[C@@H]32)cn1. The quantitative estimate of drug-likeness (QED) is 0.614. The number of aliphatic hydroxyl groups is 1. The van der Waals surface area contributed by atoms with Gasteiger partial charge in [0.2, 0.25) is 0 Å². The summed E-state index contributed by atoms with van der Waals surface area (Å²) < 4.78 is 11.2. The number of aromatic nitrogens is 2. The van der Waals surface area contributed by atoms with Gasteiger partial charge in [0.25, 0.3) is 5.91 Å². The van der Waals surface area contributed by atoms with Crippen molar-refractivity contribution in [3.05, 3.63) is 18.0 Å². The summed E-state index contributed by atoms with van der Waals surface area (Å²) in [6.45, 7) is 2.65. The fourth-order valence-electron chi connectivity index (χ4n) is 4.39. The normalized spacial score (nSPS) is 35.0. The first-order valence-corrected chi connectivity index (χ1v) is 9.91. The van der Waals surface area contributed by atoms with Gasteiger partial charge in [-0.25, -0.2) is 9.97 Å². The Morgan fingerprint density at radius 3 is 2.84 bits per heavy atom. The highest BCUT2D eigenvalue weighted by atomic mass is 32.2. The molecule has 4 rings (SSSR count). The van der Waals surface area contributed by atoms with Gasteiger partial charge in [0.1, 0.15) is 0 Å². The minimum absolute atomic E-state index is 0.0131. The van der Waals surface area contributed by atoms with Gasteiger partial charge in [-0.3, -0.25) is 4.79 Å². The maximum Gasteiger partial charge on any atom is 0.257 e. The van der Waals surface area contributed by atoms with E-state index in [2.05, 4.69) is 9.97 Å². The molecule has 7 nitrogen and oxygen atoms in total.